The first kappa shape index (κ1) is 93.9. The number of aryl methyl sites for hydroxylation is 4. The average molecular weight is 1920 g/mol. The fourth-order valence-corrected chi connectivity index (χ4v) is 15.2. The van der Waals surface area contributed by atoms with E-state index in [0.29, 0.717) is 94.1 Å². The molecule has 0 unspecified atom stereocenters. The zero-order valence-corrected chi connectivity index (χ0v) is 76.3. The van der Waals surface area contributed by atoms with Crippen LogP contribution < -0.4 is 20.0 Å². The zero-order valence-electron chi connectivity index (χ0n) is 68.7. The average Bonchev–Trinajstić information content (AvgIpc) is 1.67. The number of aromatic carboxylic acids is 1. The van der Waals surface area contributed by atoms with Gasteiger partial charge in [0.15, 0.2) is 56.7 Å². The number of esters is 4. The number of benzene rings is 6. The van der Waals surface area contributed by atoms with Gasteiger partial charge in [-0.2, -0.15) is 43.6 Å². The monoisotopic (exact) mass is 1920 g/mol. The summed E-state index contributed by atoms with van der Waals surface area (Å²) in [6.07, 6.45) is 0. The highest BCUT2D eigenvalue weighted by Gasteiger charge is 2.27. The predicted molar refractivity (Wildman–Crippen MR) is 489 cm³/mol. The van der Waals surface area contributed by atoms with Gasteiger partial charge in [-0.15, -0.1) is 0 Å². The van der Waals surface area contributed by atoms with Crippen LogP contribution in [-0.2, 0) is 18.9 Å². The van der Waals surface area contributed by atoms with Crippen LogP contribution in [-0.4, -0.2) is 156 Å². The molecule has 0 saturated heterocycles. The number of hydrogen-bond donors (Lipinski definition) is 2. The molecule has 0 aliphatic carbocycles. The highest BCUT2D eigenvalue weighted by Crippen LogP contribution is 2.40. The van der Waals surface area contributed by atoms with Crippen LogP contribution in [0.4, 0.5) is 54.8 Å². The fraction of sp³-hybridized carbons (Fsp3) is 0.174. The summed E-state index contributed by atoms with van der Waals surface area (Å²) >= 11 is 61.0. The number of aromatic nitrogens is 15. The molecule has 10 aromatic heterocycles. The van der Waals surface area contributed by atoms with E-state index < -0.39 is 41.5 Å². The van der Waals surface area contributed by atoms with Gasteiger partial charge in [0.2, 0.25) is 0 Å². The second kappa shape index (κ2) is 41.0. The Morgan fingerprint density at radius 2 is 0.677 bits per heavy atom. The summed E-state index contributed by atoms with van der Waals surface area (Å²) in [4.78, 5) is 85.9. The van der Waals surface area contributed by atoms with Gasteiger partial charge in [0, 0.05) is 92.9 Å². The Hall–Kier alpha value is -12.3. The van der Waals surface area contributed by atoms with Crippen LogP contribution in [0.3, 0.4) is 0 Å². The summed E-state index contributed by atoms with van der Waals surface area (Å²) in [5.41, 5.74) is 11.2. The Labute approximate surface area is 772 Å². The lowest BCUT2D eigenvalue weighted by atomic mass is 10.1. The maximum Gasteiger partial charge on any atom is 0.358 e. The van der Waals surface area contributed by atoms with Crippen molar-refractivity contribution >= 4 is 220 Å². The molecule has 16 aromatic rings. The molecule has 10 heterocycles. The first-order chi connectivity index (χ1) is 60.6. The van der Waals surface area contributed by atoms with E-state index in [-0.39, 0.29) is 85.6 Å². The molecule has 654 valence electrons. The summed E-state index contributed by atoms with van der Waals surface area (Å²) in [5, 5.41) is 37.0. The van der Waals surface area contributed by atoms with Crippen LogP contribution in [0, 0.1) is 39.3 Å². The minimum absolute atomic E-state index is 0.00128. The summed E-state index contributed by atoms with van der Waals surface area (Å²) in [5.74, 6) is -2.15. The van der Waals surface area contributed by atoms with Crippen molar-refractivity contribution < 1.29 is 56.8 Å². The van der Waals surface area contributed by atoms with Gasteiger partial charge in [0.1, 0.15) is 55.5 Å². The molecular formula is C86H71Cl10F2N19O10. The number of nitrogens with zero attached hydrogens (tertiary/aromatic N) is 18. The molecule has 41 heteroatoms. The Bertz CT molecular complexity index is 6850. The predicted octanol–water partition coefficient (Wildman–Crippen LogP) is 22.5. The number of rotatable bonds is 19. The van der Waals surface area contributed by atoms with Gasteiger partial charge >= 0.3 is 29.8 Å². The molecule has 0 aliphatic rings. The second-order valence-electron chi connectivity index (χ2n) is 27.2. The fourth-order valence-electron chi connectivity index (χ4n) is 12.8. The number of carbonyl (C=O) groups is 5. The van der Waals surface area contributed by atoms with Crippen LogP contribution in [0.15, 0.2) is 170 Å². The van der Waals surface area contributed by atoms with Crippen LogP contribution in [0.1, 0.15) is 102 Å². The van der Waals surface area contributed by atoms with E-state index in [1.807, 2.05) is 106 Å². The number of halogens is 12. The lowest BCUT2D eigenvalue weighted by Gasteiger charge is -2.24. The number of hydrogen-bond acceptors (Lipinski definition) is 23. The van der Waals surface area contributed by atoms with Gasteiger partial charge in [-0.05, 0) is 126 Å². The molecule has 0 saturated carbocycles. The number of carboxylic acids is 1. The van der Waals surface area contributed by atoms with Crippen molar-refractivity contribution in [3.8, 4) is 22.5 Å². The topological polar surface area (TPSA) is 315 Å². The van der Waals surface area contributed by atoms with E-state index in [2.05, 4.69) is 55.7 Å². The van der Waals surface area contributed by atoms with E-state index >= 15 is 0 Å². The molecule has 0 aliphatic heterocycles. The van der Waals surface area contributed by atoms with Crippen molar-refractivity contribution in [3.05, 3.63) is 283 Å². The third-order valence-electron chi connectivity index (χ3n) is 18.6. The number of carbonyl (C=O) groups excluding carboxylic acids is 4. The van der Waals surface area contributed by atoms with Crippen LogP contribution in [0.2, 0.25) is 50.7 Å². The summed E-state index contributed by atoms with van der Waals surface area (Å²) in [6, 6.07) is 46.8. The molecule has 127 heavy (non-hydrogen) atoms. The Balaban J connectivity index is 0.000000146. The Kier molecular flexibility index (Phi) is 30.3. The third kappa shape index (κ3) is 21.4. The van der Waals surface area contributed by atoms with Crippen molar-refractivity contribution in [2.75, 3.05) is 67.6 Å². The van der Waals surface area contributed by atoms with Crippen molar-refractivity contribution in [1.29, 1.82) is 0 Å². The summed E-state index contributed by atoms with van der Waals surface area (Å²) < 4.78 is 55.3. The maximum absolute atomic E-state index is 14.1. The molecule has 16 rings (SSSR count). The molecule has 0 spiro atoms. The maximum atomic E-state index is 14.1. The summed E-state index contributed by atoms with van der Waals surface area (Å²) in [7, 11) is 5.48. The molecular weight excluding hydrogens is 1850 g/mol. The second-order valence-corrected chi connectivity index (χ2v) is 31.2. The first-order valence-corrected chi connectivity index (χ1v) is 41.8. The normalized spacial score (nSPS) is 11.0. The van der Waals surface area contributed by atoms with Crippen LogP contribution in [0.25, 0.3) is 50.8 Å². The Morgan fingerprint density at radius 3 is 1.05 bits per heavy atom. The van der Waals surface area contributed by atoms with Gasteiger partial charge in [-0.3, -0.25) is 0 Å². The van der Waals surface area contributed by atoms with Gasteiger partial charge < -0.3 is 44.1 Å². The Morgan fingerprint density at radius 1 is 0.362 bits per heavy atom. The number of carboxylic acid groups (broad SMARTS) is 1. The smallest absolute Gasteiger partial charge is 0.358 e. The SMILES string of the molecule is CCOC(=O)c1cc2nc(-c3ccc(Cl)c(F)c3)cc(N(C)c3c(C)cccc3Cl)n2n1.CCOC(=O)c1cc2nc(Cl)cc(Cl)n2n1.CCOC(=O)c1cc2nc(Cl)cc(N(C)c3c(C)cccc3Cl)n2n1.CCOC(=O)c1cc2nc(Cl)cc(Nc3c(C)cccc3Cl)n2n1.Cc1cccc(Cl)c1N(C)c1cc(-c2ccc(Cl)c(F)c2)nc2cc(C(=O)O)nn12. The molecule has 29 nitrogen and oxygen atoms in total. The van der Waals surface area contributed by atoms with E-state index in [1.165, 1.54) is 72.7 Å². The standard InChI is InChI=1S/C23H19Cl2FN4O2.C21H15Cl2FN4O2.C17H16Cl2N4O2.C16H14Cl2N4O2.C9H7Cl2N3O2/c1-4-32-23(31)19-11-20-27-18(14-8-9-15(24)17(26)10-14)12-21(30(20)28-19)29(3)22-13(2)6-5-7-16(22)25;1-11-4-3-5-14(23)20(11)27(2)19-10-16(12-6-7-13(22)15(24)8-12)25-18-9-17(21(29)30)26-28(18)19;1-4-25-17(24)12-8-14-20-13(19)9-15(23(14)21-12)22(3)16-10(2)6-5-7-11(16)18;1-3-24-16(23)11-7-13-19-12(18)8-14(22(13)21-11)20-15-9(2)5-4-6-10(15)17;1-2-16-9(15)5-3-8-12-6(10)4-7(11)14(8)13-5/h5-12H,4H2,1-3H3;3-10H,1-2H3,(H,29,30);5-9H,4H2,1-3H3;4-8,20H,3H2,1-2H3;3-4H,2H2,1H3. The molecule has 0 fully saturated rings. The number of anilines is 8. The lowest BCUT2D eigenvalue weighted by molar-refractivity contribution is 0.0509. The van der Waals surface area contributed by atoms with Gasteiger partial charge in [-0.25, -0.2) is 62.2 Å². The number of nitrogens with one attached hydrogen (secondary N) is 1. The van der Waals surface area contributed by atoms with E-state index in [0.717, 1.165) is 45.0 Å². The zero-order chi connectivity index (χ0) is 91.7. The van der Waals surface area contributed by atoms with Gasteiger partial charge in [0.25, 0.3) is 0 Å². The molecule has 0 radical (unpaired) electrons. The van der Waals surface area contributed by atoms with Crippen molar-refractivity contribution in [3.63, 3.8) is 0 Å². The molecule has 0 bridgehead atoms. The summed E-state index contributed by atoms with van der Waals surface area (Å²) in [6.45, 7) is 15.7. The van der Waals surface area contributed by atoms with E-state index in [4.69, 9.17) is 135 Å². The molecule has 0 atom stereocenters. The molecule has 2 N–H and O–H groups in total. The minimum atomic E-state index is -1.18. The molecule has 6 aromatic carbocycles. The largest absolute Gasteiger partial charge is 0.476 e. The van der Waals surface area contributed by atoms with Crippen LogP contribution >= 0.6 is 116 Å². The van der Waals surface area contributed by atoms with Gasteiger partial charge in [-0.1, -0.05) is 177 Å². The van der Waals surface area contributed by atoms with Crippen molar-refractivity contribution in [1.82, 2.24) is 73.0 Å². The van der Waals surface area contributed by atoms with Gasteiger partial charge in [0.05, 0.1) is 90.7 Å². The highest BCUT2D eigenvalue weighted by atomic mass is 35.5. The van der Waals surface area contributed by atoms with Crippen molar-refractivity contribution in [2.45, 2.75) is 55.4 Å². The van der Waals surface area contributed by atoms with E-state index in [9.17, 15) is 37.9 Å². The van der Waals surface area contributed by atoms with Crippen LogP contribution in [0.5, 0.6) is 0 Å². The number of fused-ring (bicyclic) bond motifs is 5. The number of ether oxygens (including phenoxy) is 4. The molecule has 0 amide bonds. The first-order valence-electron chi connectivity index (χ1n) is 38.1. The van der Waals surface area contributed by atoms with E-state index in [1.54, 1.807) is 105 Å². The highest BCUT2D eigenvalue weighted by molar-refractivity contribution is 6.36. The quantitative estimate of drug-likeness (QED) is 0.0431. The number of para-hydroxylation sites is 4. The minimum Gasteiger partial charge on any atom is -0.476 e. The van der Waals surface area contributed by atoms with Crippen molar-refractivity contribution in [2.24, 2.45) is 0 Å². The lowest BCUT2D eigenvalue weighted by Crippen LogP contribution is -2.16. The third-order valence-corrected chi connectivity index (χ3v) is 21.3.